The Kier molecular flexibility index (Phi) is 6.38. The van der Waals surface area contributed by atoms with E-state index in [2.05, 4.69) is 15.6 Å². The summed E-state index contributed by atoms with van der Waals surface area (Å²) in [6.07, 6.45) is 2.79. The van der Waals surface area contributed by atoms with E-state index in [1.54, 1.807) is 4.68 Å². The zero-order chi connectivity index (χ0) is 10.9. The molecule has 0 aromatic carbocycles. The summed E-state index contributed by atoms with van der Waals surface area (Å²) in [7, 11) is 1.86. The number of thioether (sulfide) groups is 1. The van der Waals surface area contributed by atoms with Crippen molar-refractivity contribution in [2.75, 3.05) is 24.7 Å². The smallest absolute Gasteiger partial charge is 0.0964 e. The normalized spacial score (nSPS) is 10.8. The molecule has 0 spiro atoms. The first-order chi connectivity index (χ1) is 7.33. The second-order valence-corrected chi connectivity index (χ2v) is 4.47. The molecule has 1 aromatic heterocycles. The lowest BCUT2D eigenvalue weighted by Crippen LogP contribution is -2.17. The van der Waals surface area contributed by atoms with Crippen molar-refractivity contribution in [3.05, 3.63) is 11.9 Å². The zero-order valence-electron chi connectivity index (χ0n) is 9.02. The number of hydrogen-bond donors (Lipinski definition) is 2. The van der Waals surface area contributed by atoms with Crippen molar-refractivity contribution < 1.29 is 5.11 Å². The molecule has 0 aliphatic rings. The summed E-state index contributed by atoms with van der Waals surface area (Å²) in [5.74, 6) is 2.10. The number of nitrogens with one attached hydrogen (secondary N) is 1. The molecular weight excluding hydrogens is 212 g/mol. The Morgan fingerprint density at radius 2 is 2.40 bits per heavy atom. The van der Waals surface area contributed by atoms with E-state index in [0.29, 0.717) is 6.61 Å². The molecule has 0 aliphatic heterocycles. The number of aliphatic hydroxyl groups excluding tert-OH is 1. The number of hydrogen-bond acceptors (Lipinski definition) is 5. The molecule has 2 N–H and O–H groups in total. The average Bonchev–Trinajstić information content (AvgIpc) is 2.63. The van der Waals surface area contributed by atoms with Gasteiger partial charge >= 0.3 is 0 Å². The van der Waals surface area contributed by atoms with Crippen LogP contribution in [-0.2, 0) is 13.6 Å². The Morgan fingerprint density at radius 1 is 1.53 bits per heavy atom. The summed E-state index contributed by atoms with van der Waals surface area (Å²) in [5.41, 5.74) is 0.970. The third kappa shape index (κ3) is 5.76. The van der Waals surface area contributed by atoms with Gasteiger partial charge in [0.15, 0.2) is 0 Å². The van der Waals surface area contributed by atoms with Crippen molar-refractivity contribution in [2.24, 2.45) is 7.05 Å². The summed E-state index contributed by atoms with van der Waals surface area (Å²) in [4.78, 5) is 0. The molecule has 0 radical (unpaired) electrons. The van der Waals surface area contributed by atoms with Crippen LogP contribution in [0.2, 0.25) is 0 Å². The molecule has 0 fully saturated rings. The Labute approximate surface area is 94.2 Å². The predicted octanol–water partition coefficient (Wildman–Crippen LogP) is 0.0203. The monoisotopic (exact) mass is 230 g/mol. The maximum atomic E-state index is 8.57. The van der Waals surface area contributed by atoms with Crippen LogP contribution >= 0.6 is 11.8 Å². The Bertz CT molecular complexity index is 266. The SMILES string of the molecule is Cn1cc(CNCCSCCCO)nn1. The van der Waals surface area contributed by atoms with Gasteiger partial charge in [-0.15, -0.1) is 5.10 Å². The van der Waals surface area contributed by atoms with E-state index in [0.717, 1.165) is 36.7 Å². The molecular formula is C9H18N4OS. The Hall–Kier alpha value is -0.590. The average molecular weight is 230 g/mol. The highest BCUT2D eigenvalue weighted by Crippen LogP contribution is 2.00. The fourth-order valence-corrected chi connectivity index (χ4v) is 1.93. The number of aromatic nitrogens is 3. The first-order valence-electron chi connectivity index (χ1n) is 5.07. The molecule has 1 aromatic rings. The van der Waals surface area contributed by atoms with Gasteiger partial charge in [0.2, 0.25) is 0 Å². The Balaban J connectivity index is 1.93. The van der Waals surface area contributed by atoms with E-state index in [4.69, 9.17) is 5.11 Å². The van der Waals surface area contributed by atoms with Gasteiger partial charge < -0.3 is 10.4 Å². The van der Waals surface area contributed by atoms with Gasteiger partial charge in [-0.25, -0.2) is 0 Å². The first-order valence-corrected chi connectivity index (χ1v) is 6.23. The van der Waals surface area contributed by atoms with Crippen LogP contribution in [0, 0.1) is 0 Å². The van der Waals surface area contributed by atoms with Crippen molar-refractivity contribution >= 4 is 11.8 Å². The number of aliphatic hydroxyl groups is 1. The third-order valence-corrected chi connectivity index (χ3v) is 2.90. The van der Waals surface area contributed by atoms with Crippen LogP contribution in [0.3, 0.4) is 0 Å². The lowest BCUT2D eigenvalue weighted by Gasteiger charge is -2.01. The van der Waals surface area contributed by atoms with E-state index in [-0.39, 0.29) is 0 Å². The summed E-state index contributed by atoms with van der Waals surface area (Å²) >= 11 is 1.85. The fraction of sp³-hybridized carbons (Fsp3) is 0.778. The number of nitrogens with zero attached hydrogens (tertiary/aromatic N) is 3. The van der Waals surface area contributed by atoms with Crippen LogP contribution in [-0.4, -0.2) is 44.8 Å². The summed E-state index contributed by atoms with van der Waals surface area (Å²) < 4.78 is 1.70. The molecule has 0 saturated heterocycles. The molecule has 0 aliphatic carbocycles. The van der Waals surface area contributed by atoms with Gasteiger partial charge in [0.1, 0.15) is 0 Å². The highest BCUT2D eigenvalue weighted by atomic mass is 32.2. The van der Waals surface area contributed by atoms with Crippen LogP contribution in [0.4, 0.5) is 0 Å². The van der Waals surface area contributed by atoms with Crippen molar-refractivity contribution in [2.45, 2.75) is 13.0 Å². The quantitative estimate of drug-likeness (QED) is 0.617. The van der Waals surface area contributed by atoms with E-state index in [9.17, 15) is 0 Å². The second kappa shape index (κ2) is 7.67. The van der Waals surface area contributed by atoms with E-state index >= 15 is 0 Å². The molecule has 0 atom stereocenters. The number of rotatable bonds is 8. The van der Waals surface area contributed by atoms with Gasteiger partial charge in [0.05, 0.1) is 5.69 Å². The van der Waals surface area contributed by atoms with E-state index in [1.165, 1.54) is 0 Å². The van der Waals surface area contributed by atoms with Gasteiger partial charge in [-0.1, -0.05) is 5.21 Å². The first kappa shape index (κ1) is 12.5. The maximum Gasteiger partial charge on any atom is 0.0964 e. The number of aryl methyl sites for hydroxylation is 1. The summed E-state index contributed by atoms with van der Waals surface area (Å²) in [6.45, 7) is 2.03. The van der Waals surface area contributed by atoms with Crippen molar-refractivity contribution in [1.29, 1.82) is 0 Å². The molecule has 15 heavy (non-hydrogen) atoms. The summed E-state index contributed by atoms with van der Waals surface area (Å²) in [5, 5.41) is 19.7. The second-order valence-electron chi connectivity index (χ2n) is 3.25. The predicted molar refractivity (Wildman–Crippen MR) is 61.7 cm³/mol. The molecule has 1 rings (SSSR count). The van der Waals surface area contributed by atoms with Crippen LogP contribution in [0.15, 0.2) is 6.20 Å². The van der Waals surface area contributed by atoms with Gasteiger partial charge in [0.25, 0.3) is 0 Å². The van der Waals surface area contributed by atoms with E-state index in [1.807, 2.05) is 25.0 Å². The fourth-order valence-electron chi connectivity index (χ4n) is 1.11. The van der Waals surface area contributed by atoms with E-state index < -0.39 is 0 Å². The summed E-state index contributed by atoms with van der Waals surface area (Å²) in [6, 6.07) is 0. The molecule has 1 heterocycles. The van der Waals surface area contributed by atoms with Crippen molar-refractivity contribution in [3.63, 3.8) is 0 Å². The van der Waals surface area contributed by atoms with Gasteiger partial charge in [-0.2, -0.15) is 11.8 Å². The van der Waals surface area contributed by atoms with Crippen molar-refractivity contribution in [1.82, 2.24) is 20.3 Å². The molecule has 5 nitrogen and oxygen atoms in total. The minimum atomic E-state index is 0.292. The van der Waals surface area contributed by atoms with Crippen LogP contribution in [0.5, 0.6) is 0 Å². The molecule has 6 heteroatoms. The van der Waals surface area contributed by atoms with Gasteiger partial charge in [-0.05, 0) is 12.2 Å². The zero-order valence-corrected chi connectivity index (χ0v) is 9.83. The van der Waals surface area contributed by atoms with Crippen molar-refractivity contribution in [3.8, 4) is 0 Å². The van der Waals surface area contributed by atoms with Crippen LogP contribution in [0.1, 0.15) is 12.1 Å². The molecule has 0 amide bonds. The standard InChI is InChI=1S/C9H18N4OS/c1-13-8-9(11-12-13)7-10-3-6-15-5-2-4-14/h8,10,14H,2-7H2,1H3. The largest absolute Gasteiger partial charge is 0.396 e. The Morgan fingerprint density at radius 3 is 3.07 bits per heavy atom. The molecule has 0 saturated carbocycles. The minimum Gasteiger partial charge on any atom is -0.396 e. The highest BCUT2D eigenvalue weighted by Gasteiger charge is 1.96. The minimum absolute atomic E-state index is 0.292. The molecule has 0 unspecified atom stereocenters. The molecule has 86 valence electrons. The lowest BCUT2D eigenvalue weighted by molar-refractivity contribution is 0.296. The van der Waals surface area contributed by atoms with Gasteiger partial charge in [-0.3, -0.25) is 4.68 Å². The topological polar surface area (TPSA) is 63.0 Å². The van der Waals surface area contributed by atoms with Crippen LogP contribution < -0.4 is 5.32 Å². The highest BCUT2D eigenvalue weighted by molar-refractivity contribution is 7.99. The third-order valence-electron chi connectivity index (χ3n) is 1.83. The van der Waals surface area contributed by atoms with Crippen LogP contribution in [0.25, 0.3) is 0 Å². The molecule has 0 bridgehead atoms. The maximum absolute atomic E-state index is 8.57. The van der Waals surface area contributed by atoms with Gasteiger partial charge in [0, 0.05) is 38.7 Å². The lowest BCUT2D eigenvalue weighted by atomic mass is 10.5.